The van der Waals surface area contributed by atoms with E-state index in [-0.39, 0.29) is 5.69 Å². The minimum absolute atomic E-state index is 0.00427. The summed E-state index contributed by atoms with van der Waals surface area (Å²) >= 11 is 3.47. The Labute approximate surface area is 180 Å². The summed E-state index contributed by atoms with van der Waals surface area (Å²) in [5, 5.41) is 10.7. The molecule has 0 spiro atoms. The summed E-state index contributed by atoms with van der Waals surface area (Å²) in [6.45, 7) is 0.611. The average Bonchev–Trinajstić information content (AvgIpc) is 2.88. The molecule has 0 saturated carbocycles. The van der Waals surface area contributed by atoms with Crippen LogP contribution < -0.4 is 0 Å². The first kappa shape index (κ1) is 19.7. The Balaban J connectivity index is 1.64. The van der Waals surface area contributed by atoms with E-state index in [0.717, 1.165) is 15.6 Å². The van der Waals surface area contributed by atoms with Gasteiger partial charge in [0.1, 0.15) is 5.84 Å². The van der Waals surface area contributed by atoms with E-state index in [0.29, 0.717) is 23.8 Å². The van der Waals surface area contributed by atoms with Crippen molar-refractivity contribution in [2.45, 2.75) is 6.54 Å². The van der Waals surface area contributed by atoms with Crippen LogP contribution in [0.15, 0.2) is 87.4 Å². The largest absolute Gasteiger partial charge is 0.327 e. The van der Waals surface area contributed by atoms with Crippen LogP contribution in [-0.4, -0.2) is 27.4 Å². The van der Waals surface area contributed by atoms with Gasteiger partial charge in [-0.25, -0.2) is 4.99 Å². The first-order chi connectivity index (χ1) is 14.5. The molecule has 1 amide bonds. The van der Waals surface area contributed by atoms with Gasteiger partial charge in [0.05, 0.1) is 4.92 Å². The molecule has 2 aromatic carbocycles. The number of nitro benzene ring substituents is 1. The Kier molecular flexibility index (Phi) is 5.49. The molecule has 30 heavy (non-hydrogen) atoms. The monoisotopic (exact) mass is 462 g/mol. The third kappa shape index (κ3) is 4.33. The molecule has 0 radical (unpaired) electrons. The zero-order valence-electron chi connectivity index (χ0n) is 15.6. The van der Waals surface area contributed by atoms with Crippen molar-refractivity contribution in [3.8, 4) is 0 Å². The van der Waals surface area contributed by atoms with Crippen LogP contribution in [0.2, 0.25) is 0 Å². The van der Waals surface area contributed by atoms with Gasteiger partial charge in [-0.1, -0.05) is 24.3 Å². The second kappa shape index (κ2) is 8.38. The number of amides is 1. The lowest BCUT2D eigenvalue weighted by Gasteiger charge is -2.21. The van der Waals surface area contributed by atoms with Crippen molar-refractivity contribution in [1.29, 1.82) is 0 Å². The van der Waals surface area contributed by atoms with Gasteiger partial charge in [-0.15, -0.1) is 0 Å². The maximum atomic E-state index is 12.5. The van der Waals surface area contributed by atoms with E-state index in [2.05, 4.69) is 25.9 Å². The summed E-state index contributed by atoms with van der Waals surface area (Å²) in [6, 6.07) is 13.6. The number of amidine groups is 2. The molecule has 4 rings (SSSR count). The summed E-state index contributed by atoms with van der Waals surface area (Å²) in [4.78, 5) is 33.6. The summed E-state index contributed by atoms with van der Waals surface area (Å²) in [5.41, 5.74) is 2.47. The van der Waals surface area contributed by atoms with Crippen LogP contribution in [0.25, 0.3) is 6.08 Å². The molecular weight excluding hydrogens is 448 g/mol. The number of hydrogen-bond donors (Lipinski definition) is 0. The van der Waals surface area contributed by atoms with Gasteiger partial charge in [-0.3, -0.25) is 14.9 Å². The number of non-ortho nitro benzene ring substituents is 1. The third-order valence-corrected chi connectivity index (χ3v) is 4.99. The van der Waals surface area contributed by atoms with E-state index >= 15 is 0 Å². The molecule has 7 nitrogen and oxygen atoms in total. The number of hydrogen-bond acceptors (Lipinski definition) is 4. The van der Waals surface area contributed by atoms with Crippen molar-refractivity contribution in [1.82, 2.24) is 4.90 Å². The highest BCUT2D eigenvalue weighted by molar-refractivity contribution is 9.11. The minimum atomic E-state index is -0.468. The van der Waals surface area contributed by atoms with E-state index in [9.17, 15) is 14.9 Å². The maximum absolute atomic E-state index is 12.5. The van der Waals surface area contributed by atoms with Crippen molar-refractivity contribution in [3.63, 3.8) is 0 Å². The van der Waals surface area contributed by atoms with E-state index < -0.39 is 10.8 Å². The van der Waals surface area contributed by atoms with E-state index in [1.807, 2.05) is 47.5 Å². The molecule has 0 bridgehead atoms. The van der Waals surface area contributed by atoms with E-state index in [4.69, 9.17) is 0 Å². The number of nitro groups is 1. The van der Waals surface area contributed by atoms with Gasteiger partial charge in [0.15, 0.2) is 5.84 Å². The summed E-state index contributed by atoms with van der Waals surface area (Å²) in [6.07, 6.45) is 8.59. The van der Waals surface area contributed by atoms with Gasteiger partial charge in [0.25, 0.3) is 11.6 Å². The third-order valence-electron chi connectivity index (χ3n) is 4.52. The molecule has 0 aliphatic carbocycles. The minimum Gasteiger partial charge on any atom is -0.327 e. The Hall–Kier alpha value is -3.65. The number of nitrogens with zero attached hydrogens (tertiary/aromatic N) is 4. The predicted molar refractivity (Wildman–Crippen MR) is 119 cm³/mol. The van der Waals surface area contributed by atoms with Crippen LogP contribution in [0.4, 0.5) is 5.69 Å². The number of carbonyl (C=O) groups excluding carboxylic acids is 1. The second-order valence-corrected chi connectivity index (χ2v) is 7.47. The molecular formula is C22H15BrN4O3. The van der Waals surface area contributed by atoms with Crippen molar-refractivity contribution in [3.05, 3.63) is 104 Å². The lowest BCUT2D eigenvalue weighted by atomic mass is 10.1. The summed E-state index contributed by atoms with van der Waals surface area (Å²) in [5.74, 6) is 0.574. The summed E-state index contributed by atoms with van der Waals surface area (Å²) in [7, 11) is 0. The number of fused-ring (bicyclic) bond motifs is 2. The van der Waals surface area contributed by atoms with Crippen molar-refractivity contribution in [2.24, 2.45) is 9.98 Å². The fourth-order valence-corrected chi connectivity index (χ4v) is 3.45. The Bertz CT molecular complexity index is 1180. The smallest absolute Gasteiger partial charge is 0.271 e. The lowest BCUT2D eigenvalue weighted by Crippen LogP contribution is -2.24. The predicted octanol–water partition coefficient (Wildman–Crippen LogP) is 4.60. The standard InChI is InChI=1S/C22H15BrN4O3/c23-17-8-11-20-24-22(19-4-2-1-3-16(19)13-26(20)14-17)25-21(28)12-7-15-5-9-18(10-6-15)27(29)30/h1-12,14H,13H2. The Morgan fingerprint density at radius 2 is 1.93 bits per heavy atom. The van der Waals surface area contributed by atoms with Crippen LogP contribution >= 0.6 is 15.9 Å². The highest BCUT2D eigenvalue weighted by atomic mass is 79.9. The molecule has 148 valence electrons. The van der Waals surface area contributed by atoms with Crippen LogP contribution in [0.3, 0.4) is 0 Å². The second-order valence-electron chi connectivity index (χ2n) is 6.56. The fourth-order valence-electron chi connectivity index (χ4n) is 3.07. The van der Waals surface area contributed by atoms with Gasteiger partial charge >= 0.3 is 0 Å². The first-order valence-electron chi connectivity index (χ1n) is 9.04. The zero-order valence-corrected chi connectivity index (χ0v) is 17.2. The van der Waals surface area contributed by atoms with Gasteiger partial charge in [-0.2, -0.15) is 4.99 Å². The number of aliphatic imine (C=N–C) groups is 2. The van der Waals surface area contributed by atoms with Crippen LogP contribution in [0, 0.1) is 10.1 Å². The summed E-state index contributed by atoms with van der Waals surface area (Å²) < 4.78 is 0.932. The van der Waals surface area contributed by atoms with Crippen molar-refractivity contribution >= 4 is 45.3 Å². The molecule has 0 atom stereocenters. The highest BCUT2D eigenvalue weighted by Gasteiger charge is 2.21. The van der Waals surface area contributed by atoms with Gasteiger partial charge in [0.2, 0.25) is 0 Å². The van der Waals surface area contributed by atoms with Crippen LogP contribution in [-0.2, 0) is 11.3 Å². The Morgan fingerprint density at radius 3 is 2.70 bits per heavy atom. The lowest BCUT2D eigenvalue weighted by molar-refractivity contribution is -0.384. The molecule has 2 aromatic rings. The molecule has 0 saturated heterocycles. The average molecular weight is 463 g/mol. The highest BCUT2D eigenvalue weighted by Crippen LogP contribution is 2.23. The normalized spacial score (nSPS) is 16.6. The molecule has 0 fully saturated rings. The zero-order chi connectivity index (χ0) is 21.1. The SMILES string of the molecule is O=C(C=Cc1ccc([N+](=O)[O-])cc1)N=C1N=C2C=CC(Br)=CN2Cc2ccccc21. The molecule has 0 aromatic heterocycles. The van der Waals surface area contributed by atoms with Crippen LogP contribution in [0.1, 0.15) is 16.7 Å². The number of halogens is 1. The van der Waals surface area contributed by atoms with Crippen molar-refractivity contribution < 1.29 is 9.72 Å². The molecule has 2 aliphatic heterocycles. The molecule has 0 N–H and O–H groups in total. The number of carbonyl (C=O) groups is 1. The number of benzene rings is 2. The quantitative estimate of drug-likeness (QED) is 0.378. The fraction of sp³-hybridized carbons (Fsp3) is 0.0455. The molecule has 8 heteroatoms. The van der Waals surface area contributed by atoms with Gasteiger partial charge in [-0.05, 0) is 57.4 Å². The topological polar surface area (TPSA) is 88.2 Å². The molecule has 2 heterocycles. The van der Waals surface area contributed by atoms with Gasteiger partial charge in [0, 0.05) is 41.0 Å². The molecule has 2 aliphatic rings. The van der Waals surface area contributed by atoms with Crippen molar-refractivity contribution in [2.75, 3.05) is 0 Å². The maximum Gasteiger partial charge on any atom is 0.271 e. The van der Waals surface area contributed by atoms with Crippen LogP contribution in [0.5, 0.6) is 0 Å². The first-order valence-corrected chi connectivity index (χ1v) is 9.83. The van der Waals surface area contributed by atoms with Gasteiger partial charge < -0.3 is 4.90 Å². The number of rotatable bonds is 3. The molecule has 0 unspecified atom stereocenters. The Morgan fingerprint density at radius 1 is 1.17 bits per heavy atom. The van der Waals surface area contributed by atoms with E-state index in [1.165, 1.54) is 18.2 Å². The number of allylic oxidation sites excluding steroid dienone is 2. The van der Waals surface area contributed by atoms with E-state index in [1.54, 1.807) is 18.2 Å².